The van der Waals surface area contributed by atoms with Crippen LogP contribution in [0.4, 0.5) is 0 Å². The first-order valence-corrected chi connectivity index (χ1v) is 12.6. The van der Waals surface area contributed by atoms with Gasteiger partial charge in [-0.05, 0) is 85.1 Å². The number of halogens is 1. The molecule has 0 N–H and O–H groups in total. The largest absolute Gasteiger partial charge is 0.543 e. The Hall–Kier alpha value is -0.733. The average molecular weight is 454 g/mol. The number of unbranched alkanes of at least 4 members (excludes halogenated alkanes) is 1. The van der Waals surface area contributed by atoms with Crippen LogP contribution in [-0.4, -0.2) is 8.32 Å². The lowest BCUT2D eigenvalue weighted by atomic mass is 10.0. The van der Waals surface area contributed by atoms with E-state index in [1.54, 1.807) is 0 Å². The van der Waals surface area contributed by atoms with Crippen molar-refractivity contribution in [3.63, 3.8) is 0 Å². The number of hydrogen-bond donors (Lipinski definition) is 0. The molecule has 1 aromatic carbocycles. The van der Waals surface area contributed by atoms with E-state index in [2.05, 4.69) is 94.4 Å². The van der Waals surface area contributed by atoms with E-state index in [-0.39, 0.29) is 5.04 Å². The van der Waals surface area contributed by atoms with Crippen LogP contribution in [0.15, 0.2) is 23.8 Å². The van der Waals surface area contributed by atoms with Crippen LogP contribution in [0, 0.1) is 22.8 Å². The Kier molecular flexibility index (Phi) is 7.62. The van der Waals surface area contributed by atoms with Gasteiger partial charge >= 0.3 is 0 Å². The first-order valence-electron chi connectivity index (χ1n) is 8.58. The molecule has 0 aromatic heterocycles. The fraction of sp³-hybridized carbons (Fsp3) is 0.524. The van der Waals surface area contributed by atoms with Crippen molar-refractivity contribution in [2.24, 2.45) is 0 Å². The Morgan fingerprint density at radius 1 is 1.29 bits per heavy atom. The van der Waals surface area contributed by atoms with Gasteiger partial charge in [0.05, 0.1) is 0 Å². The van der Waals surface area contributed by atoms with Crippen LogP contribution in [0.3, 0.4) is 0 Å². The molecule has 1 nitrogen and oxygen atoms in total. The monoisotopic (exact) mass is 454 g/mol. The minimum absolute atomic E-state index is 0.173. The summed E-state index contributed by atoms with van der Waals surface area (Å²) in [5, 5.41) is 0.173. The summed E-state index contributed by atoms with van der Waals surface area (Å²) < 4.78 is 8.02. The van der Waals surface area contributed by atoms with E-state index in [4.69, 9.17) is 10.8 Å². The van der Waals surface area contributed by atoms with Gasteiger partial charge in [0.25, 0.3) is 8.32 Å². The van der Waals surface area contributed by atoms with Crippen molar-refractivity contribution in [2.75, 3.05) is 0 Å². The highest BCUT2D eigenvalue weighted by Crippen LogP contribution is 2.41. The highest BCUT2D eigenvalue weighted by Gasteiger charge is 2.40. The molecular weight excluding hydrogens is 423 g/mol. The van der Waals surface area contributed by atoms with Crippen LogP contribution in [-0.2, 0) is 4.43 Å². The van der Waals surface area contributed by atoms with E-state index < -0.39 is 8.32 Å². The van der Waals surface area contributed by atoms with Gasteiger partial charge < -0.3 is 4.43 Å². The van der Waals surface area contributed by atoms with Gasteiger partial charge in [0, 0.05) is 15.6 Å². The SMILES string of the molecule is C#CCCC/C(C)=C(/O[Si](C)(C)C(C)(C)C)c1cc(C)ccc1I. The summed E-state index contributed by atoms with van der Waals surface area (Å²) in [6.07, 6.45) is 8.22. The zero-order chi connectivity index (χ0) is 18.5. The minimum atomic E-state index is -1.90. The van der Waals surface area contributed by atoms with Gasteiger partial charge in [-0.15, -0.1) is 12.3 Å². The molecule has 0 bridgehead atoms. The number of terminal acetylenes is 1. The summed E-state index contributed by atoms with van der Waals surface area (Å²) in [4.78, 5) is 0. The third-order valence-corrected chi connectivity index (χ3v) is 10.1. The van der Waals surface area contributed by atoms with Crippen molar-refractivity contribution in [1.82, 2.24) is 0 Å². The Morgan fingerprint density at radius 2 is 1.92 bits per heavy atom. The maximum Gasteiger partial charge on any atom is 0.250 e. The van der Waals surface area contributed by atoms with Gasteiger partial charge in [-0.2, -0.15) is 0 Å². The van der Waals surface area contributed by atoms with Crippen LogP contribution < -0.4 is 0 Å². The highest BCUT2D eigenvalue weighted by atomic mass is 127. The molecule has 0 fully saturated rings. The van der Waals surface area contributed by atoms with Crippen molar-refractivity contribution in [1.29, 1.82) is 0 Å². The predicted molar refractivity (Wildman–Crippen MR) is 117 cm³/mol. The third-order valence-electron chi connectivity index (χ3n) is 4.79. The standard InChI is InChI=1S/C21H31IOSi/c1-9-10-11-12-17(3)20(23-24(7,8)21(4,5)6)18-15-16(2)13-14-19(18)22/h1,13-15H,10-12H2,2-8H3/b20-17+. The molecule has 0 aliphatic rings. The average Bonchev–Trinajstić information content (AvgIpc) is 2.46. The highest BCUT2D eigenvalue weighted by molar-refractivity contribution is 14.1. The van der Waals surface area contributed by atoms with Gasteiger partial charge in [-0.25, -0.2) is 0 Å². The maximum absolute atomic E-state index is 6.78. The summed E-state index contributed by atoms with van der Waals surface area (Å²) in [5.74, 6) is 3.81. The van der Waals surface area contributed by atoms with E-state index in [1.807, 2.05) is 0 Å². The van der Waals surface area contributed by atoms with E-state index in [0.717, 1.165) is 25.0 Å². The number of allylic oxidation sites excluding steroid dienone is 1. The van der Waals surface area contributed by atoms with Crippen LogP contribution in [0.25, 0.3) is 5.76 Å². The van der Waals surface area contributed by atoms with E-state index in [9.17, 15) is 0 Å². The lowest BCUT2D eigenvalue weighted by Crippen LogP contribution is -2.40. The summed E-state index contributed by atoms with van der Waals surface area (Å²) in [7, 11) is -1.90. The van der Waals surface area contributed by atoms with Gasteiger partial charge in [0.1, 0.15) is 5.76 Å². The number of rotatable bonds is 6. The van der Waals surface area contributed by atoms with Crippen molar-refractivity contribution < 1.29 is 4.43 Å². The summed E-state index contributed by atoms with van der Waals surface area (Å²) in [5.41, 5.74) is 3.79. The summed E-state index contributed by atoms with van der Waals surface area (Å²) >= 11 is 2.41. The molecule has 0 unspecified atom stereocenters. The number of benzene rings is 1. The summed E-state index contributed by atoms with van der Waals surface area (Å²) in [6, 6.07) is 6.58. The predicted octanol–water partition coefficient (Wildman–Crippen LogP) is 7.16. The van der Waals surface area contributed by atoms with Crippen molar-refractivity contribution in [3.05, 3.63) is 38.5 Å². The van der Waals surface area contributed by atoms with E-state index in [0.29, 0.717) is 0 Å². The molecule has 0 aliphatic carbocycles. The second-order valence-electron chi connectivity index (χ2n) is 8.01. The molecular formula is C21H31IOSi. The number of hydrogen-bond acceptors (Lipinski definition) is 1. The zero-order valence-corrected chi connectivity index (χ0v) is 19.4. The Labute approximate surface area is 163 Å². The maximum atomic E-state index is 6.78. The molecule has 0 spiro atoms. The second kappa shape index (κ2) is 8.58. The summed E-state index contributed by atoms with van der Waals surface area (Å²) in [6.45, 7) is 15.8. The quantitative estimate of drug-likeness (QED) is 0.146. The lowest BCUT2D eigenvalue weighted by molar-refractivity contribution is 0.452. The topological polar surface area (TPSA) is 9.23 Å². The first-order chi connectivity index (χ1) is 11.0. The van der Waals surface area contributed by atoms with Gasteiger partial charge in [-0.1, -0.05) is 32.4 Å². The first kappa shape index (κ1) is 21.3. The van der Waals surface area contributed by atoms with Crippen molar-refractivity contribution in [3.8, 4) is 12.3 Å². The molecule has 0 radical (unpaired) electrons. The number of aryl methyl sites for hydroxylation is 1. The Balaban J connectivity index is 3.35. The molecule has 132 valence electrons. The van der Waals surface area contributed by atoms with Crippen molar-refractivity contribution >= 4 is 36.7 Å². The lowest BCUT2D eigenvalue weighted by Gasteiger charge is -2.38. The molecule has 0 heterocycles. The Morgan fingerprint density at radius 3 is 2.46 bits per heavy atom. The van der Waals surface area contributed by atoms with E-state index in [1.165, 1.54) is 20.3 Å². The fourth-order valence-corrected chi connectivity index (χ4v) is 3.84. The third kappa shape index (κ3) is 5.67. The second-order valence-corrected chi connectivity index (χ2v) is 13.9. The molecule has 0 saturated carbocycles. The zero-order valence-electron chi connectivity index (χ0n) is 16.2. The van der Waals surface area contributed by atoms with Crippen LogP contribution in [0.1, 0.15) is 58.1 Å². The molecule has 3 heteroatoms. The van der Waals surface area contributed by atoms with Gasteiger partial charge in [0.15, 0.2) is 0 Å². The Bertz CT molecular complexity index is 645. The van der Waals surface area contributed by atoms with Crippen molar-refractivity contribution in [2.45, 2.75) is 72.0 Å². The van der Waals surface area contributed by atoms with Crippen LogP contribution >= 0.6 is 22.6 Å². The smallest absolute Gasteiger partial charge is 0.250 e. The molecule has 0 amide bonds. The van der Waals surface area contributed by atoms with Gasteiger partial charge in [-0.3, -0.25) is 0 Å². The molecule has 0 atom stereocenters. The minimum Gasteiger partial charge on any atom is -0.543 e. The molecule has 0 aliphatic heterocycles. The van der Waals surface area contributed by atoms with Crippen LogP contribution in [0.5, 0.6) is 0 Å². The molecule has 1 aromatic rings. The fourth-order valence-electron chi connectivity index (χ4n) is 2.16. The molecule has 0 saturated heterocycles. The van der Waals surface area contributed by atoms with Gasteiger partial charge in [0.2, 0.25) is 0 Å². The van der Waals surface area contributed by atoms with Crippen LogP contribution in [0.2, 0.25) is 18.1 Å². The van der Waals surface area contributed by atoms with E-state index >= 15 is 0 Å². The molecule has 1 rings (SSSR count). The molecule has 24 heavy (non-hydrogen) atoms. The normalized spacial score (nSPS) is 13.3.